The number of aliphatic imine (C=N–C) groups is 1. The van der Waals surface area contributed by atoms with Crippen molar-refractivity contribution >= 4 is 11.7 Å². The van der Waals surface area contributed by atoms with Crippen molar-refractivity contribution in [3.05, 3.63) is 48.2 Å². The quantitative estimate of drug-likeness (QED) is 0.589. The molecule has 2 rings (SSSR count). The van der Waals surface area contributed by atoms with Gasteiger partial charge in [-0.1, -0.05) is 30.3 Å². The summed E-state index contributed by atoms with van der Waals surface area (Å²) in [7, 11) is 1.84. The van der Waals surface area contributed by atoms with Gasteiger partial charge in [0, 0.05) is 24.9 Å². The molecule has 4 heteroatoms. The summed E-state index contributed by atoms with van der Waals surface area (Å²) in [5.41, 5.74) is 6.74. The lowest BCUT2D eigenvalue weighted by Crippen LogP contribution is -2.12. The van der Waals surface area contributed by atoms with Gasteiger partial charge in [-0.25, -0.2) is 4.99 Å². The standard InChI is InChI=1S/C11H12N4/c1-15-8-7-10(14-15)13-11(12)9-5-3-2-4-6-9/h2-8H,1H3,(H2,12,13,14). The smallest absolute Gasteiger partial charge is 0.175 e. The lowest BCUT2D eigenvalue weighted by Gasteiger charge is -1.97. The number of amidine groups is 1. The predicted octanol–water partition coefficient (Wildman–Crippen LogP) is 1.46. The molecule has 0 bridgehead atoms. The molecule has 1 aromatic carbocycles. The van der Waals surface area contributed by atoms with Gasteiger partial charge in [0.05, 0.1) is 0 Å². The summed E-state index contributed by atoms with van der Waals surface area (Å²) in [5, 5.41) is 4.13. The first-order valence-corrected chi connectivity index (χ1v) is 4.65. The first kappa shape index (κ1) is 9.45. The fourth-order valence-electron chi connectivity index (χ4n) is 1.26. The third kappa shape index (κ3) is 2.22. The maximum Gasteiger partial charge on any atom is 0.175 e. The summed E-state index contributed by atoms with van der Waals surface area (Å²) >= 11 is 0. The SMILES string of the molecule is Cn1ccc(N=C(N)c2ccccc2)n1. The van der Waals surface area contributed by atoms with Crippen molar-refractivity contribution in [1.29, 1.82) is 0 Å². The average Bonchev–Trinajstić information content (AvgIpc) is 2.65. The molecule has 1 heterocycles. The van der Waals surface area contributed by atoms with Crippen LogP contribution in [0.2, 0.25) is 0 Å². The number of aryl methyl sites for hydroxylation is 1. The van der Waals surface area contributed by atoms with E-state index in [1.165, 1.54) is 0 Å². The Labute approximate surface area is 88.1 Å². The molecule has 0 saturated carbocycles. The second-order valence-corrected chi connectivity index (χ2v) is 3.21. The van der Waals surface area contributed by atoms with E-state index in [1.807, 2.05) is 49.6 Å². The number of aromatic nitrogens is 2. The number of benzene rings is 1. The largest absolute Gasteiger partial charge is 0.383 e. The molecule has 0 aliphatic heterocycles. The van der Waals surface area contributed by atoms with Crippen LogP contribution in [0.15, 0.2) is 47.6 Å². The number of hydrogen-bond acceptors (Lipinski definition) is 2. The monoisotopic (exact) mass is 200 g/mol. The Morgan fingerprint density at radius 3 is 2.60 bits per heavy atom. The van der Waals surface area contributed by atoms with E-state index in [4.69, 9.17) is 5.73 Å². The van der Waals surface area contributed by atoms with Gasteiger partial charge < -0.3 is 5.73 Å². The Morgan fingerprint density at radius 2 is 2.00 bits per heavy atom. The fourth-order valence-corrected chi connectivity index (χ4v) is 1.26. The first-order valence-electron chi connectivity index (χ1n) is 4.65. The highest BCUT2D eigenvalue weighted by Crippen LogP contribution is 2.08. The van der Waals surface area contributed by atoms with Gasteiger partial charge in [-0.15, -0.1) is 0 Å². The number of nitrogens with zero attached hydrogens (tertiary/aromatic N) is 3. The number of nitrogens with two attached hydrogens (primary N) is 1. The molecule has 0 radical (unpaired) electrons. The highest BCUT2D eigenvalue weighted by atomic mass is 15.3. The molecular formula is C11H12N4. The fraction of sp³-hybridized carbons (Fsp3) is 0.0909. The van der Waals surface area contributed by atoms with Crippen LogP contribution in [0.3, 0.4) is 0 Å². The van der Waals surface area contributed by atoms with Crippen molar-refractivity contribution in [2.24, 2.45) is 17.8 Å². The third-order valence-electron chi connectivity index (χ3n) is 2.00. The minimum absolute atomic E-state index is 0.481. The minimum atomic E-state index is 0.481. The van der Waals surface area contributed by atoms with Gasteiger partial charge in [0.1, 0.15) is 5.84 Å². The number of hydrogen-bond donors (Lipinski definition) is 1. The Kier molecular flexibility index (Phi) is 2.49. The van der Waals surface area contributed by atoms with Crippen LogP contribution in [-0.4, -0.2) is 15.6 Å². The van der Waals surface area contributed by atoms with Gasteiger partial charge in [-0.3, -0.25) is 4.68 Å². The molecule has 76 valence electrons. The molecule has 15 heavy (non-hydrogen) atoms. The molecular weight excluding hydrogens is 188 g/mol. The third-order valence-corrected chi connectivity index (χ3v) is 2.00. The molecule has 0 spiro atoms. The van der Waals surface area contributed by atoms with E-state index >= 15 is 0 Å². The highest BCUT2D eigenvalue weighted by molar-refractivity contribution is 5.98. The molecule has 0 atom stereocenters. The zero-order valence-electron chi connectivity index (χ0n) is 8.46. The van der Waals surface area contributed by atoms with Crippen molar-refractivity contribution in [3.8, 4) is 0 Å². The summed E-state index contributed by atoms with van der Waals surface area (Å²) in [4.78, 5) is 4.21. The van der Waals surface area contributed by atoms with Crippen LogP contribution in [-0.2, 0) is 7.05 Å². The molecule has 1 aromatic heterocycles. The van der Waals surface area contributed by atoms with E-state index in [1.54, 1.807) is 4.68 Å². The van der Waals surface area contributed by atoms with Crippen LogP contribution < -0.4 is 5.73 Å². The van der Waals surface area contributed by atoms with Gasteiger partial charge in [-0.05, 0) is 0 Å². The maximum absolute atomic E-state index is 5.84. The van der Waals surface area contributed by atoms with E-state index in [9.17, 15) is 0 Å². The summed E-state index contributed by atoms with van der Waals surface area (Å²) in [6.45, 7) is 0. The Balaban J connectivity index is 2.28. The molecule has 0 amide bonds. The predicted molar refractivity (Wildman–Crippen MR) is 60.0 cm³/mol. The Hall–Kier alpha value is -2.10. The van der Waals surface area contributed by atoms with Gasteiger partial charge in [0.15, 0.2) is 5.82 Å². The lowest BCUT2D eigenvalue weighted by molar-refractivity contribution is 0.769. The summed E-state index contributed by atoms with van der Waals surface area (Å²) in [6, 6.07) is 11.4. The van der Waals surface area contributed by atoms with Crippen molar-refractivity contribution in [2.45, 2.75) is 0 Å². The second-order valence-electron chi connectivity index (χ2n) is 3.21. The lowest BCUT2D eigenvalue weighted by atomic mass is 10.2. The van der Waals surface area contributed by atoms with Crippen molar-refractivity contribution in [1.82, 2.24) is 9.78 Å². The first-order chi connectivity index (χ1) is 7.25. The van der Waals surface area contributed by atoms with Crippen LogP contribution in [0.5, 0.6) is 0 Å². The van der Waals surface area contributed by atoms with E-state index in [0.717, 1.165) is 5.56 Å². The highest BCUT2D eigenvalue weighted by Gasteiger charge is 1.98. The van der Waals surface area contributed by atoms with Crippen LogP contribution in [0.1, 0.15) is 5.56 Å². The topological polar surface area (TPSA) is 56.2 Å². The van der Waals surface area contributed by atoms with Gasteiger partial charge in [0.25, 0.3) is 0 Å². The molecule has 0 fully saturated rings. The van der Waals surface area contributed by atoms with E-state index in [0.29, 0.717) is 11.7 Å². The van der Waals surface area contributed by atoms with Crippen molar-refractivity contribution < 1.29 is 0 Å². The summed E-state index contributed by atoms with van der Waals surface area (Å²) < 4.78 is 1.69. The van der Waals surface area contributed by atoms with E-state index < -0.39 is 0 Å². The number of rotatable bonds is 2. The van der Waals surface area contributed by atoms with Crippen LogP contribution in [0.25, 0.3) is 0 Å². The molecule has 4 nitrogen and oxygen atoms in total. The molecule has 0 aliphatic carbocycles. The Morgan fingerprint density at radius 1 is 1.27 bits per heavy atom. The normalized spacial score (nSPS) is 11.7. The van der Waals surface area contributed by atoms with Gasteiger partial charge in [0.2, 0.25) is 0 Å². The molecule has 0 aliphatic rings. The average molecular weight is 200 g/mol. The minimum Gasteiger partial charge on any atom is -0.383 e. The molecule has 2 aromatic rings. The zero-order valence-corrected chi connectivity index (χ0v) is 8.46. The van der Waals surface area contributed by atoms with Gasteiger partial charge in [-0.2, -0.15) is 5.10 Å². The zero-order chi connectivity index (χ0) is 10.7. The van der Waals surface area contributed by atoms with Crippen LogP contribution in [0.4, 0.5) is 5.82 Å². The molecule has 2 N–H and O–H groups in total. The Bertz CT molecular complexity index is 470. The summed E-state index contributed by atoms with van der Waals surface area (Å²) in [6.07, 6.45) is 1.83. The van der Waals surface area contributed by atoms with Crippen molar-refractivity contribution in [2.75, 3.05) is 0 Å². The molecule has 0 saturated heterocycles. The second kappa shape index (κ2) is 3.96. The van der Waals surface area contributed by atoms with Crippen molar-refractivity contribution in [3.63, 3.8) is 0 Å². The van der Waals surface area contributed by atoms with E-state index in [-0.39, 0.29) is 0 Å². The maximum atomic E-state index is 5.84. The summed E-state index contributed by atoms with van der Waals surface area (Å²) in [5.74, 6) is 1.10. The van der Waals surface area contributed by atoms with E-state index in [2.05, 4.69) is 10.1 Å². The molecule has 0 unspecified atom stereocenters. The van der Waals surface area contributed by atoms with Crippen LogP contribution >= 0.6 is 0 Å². The van der Waals surface area contributed by atoms with Gasteiger partial charge >= 0.3 is 0 Å². The van der Waals surface area contributed by atoms with Crippen LogP contribution in [0, 0.1) is 0 Å².